The number of aliphatic carboxylic acids is 1. The van der Waals surface area contributed by atoms with E-state index in [1.54, 1.807) is 6.92 Å². The summed E-state index contributed by atoms with van der Waals surface area (Å²) in [6, 6.07) is 14.2. The summed E-state index contributed by atoms with van der Waals surface area (Å²) >= 11 is 0. The summed E-state index contributed by atoms with van der Waals surface area (Å²) in [6.07, 6.45) is -1.04. The molecule has 0 saturated carbocycles. The van der Waals surface area contributed by atoms with Crippen molar-refractivity contribution < 1.29 is 33.8 Å². The van der Waals surface area contributed by atoms with Crippen LogP contribution in [0.15, 0.2) is 48.5 Å². The molecule has 0 aliphatic heterocycles. The number of hydrogen-bond acceptors (Lipinski definition) is 6. The normalized spacial score (nSPS) is 13.7. The Bertz CT molecular complexity index is 1020. The van der Waals surface area contributed by atoms with Crippen LogP contribution < -0.4 is 10.6 Å². The third-order valence-electron chi connectivity index (χ3n) is 5.70. The summed E-state index contributed by atoms with van der Waals surface area (Å²) in [4.78, 5) is 47.1. The molecule has 0 spiro atoms. The van der Waals surface area contributed by atoms with Crippen molar-refractivity contribution in [1.29, 1.82) is 0 Å². The molecular weight excluding hydrogens is 440 g/mol. The molecule has 2 amide bonds. The molecule has 1 unspecified atom stereocenters. The lowest BCUT2D eigenvalue weighted by molar-refractivity contribution is -0.144. The third kappa shape index (κ3) is 6.12. The van der Waals surface area contributed by atoms with Crippen molar-refractivity contribution in [2.75, 3.05) is 13.7 Å². The highest BCUT2D eigenvalue weighted by Gasteiger charge is 2.29. The first-order valence-corrected chi connectivity index (χ1v) is 11.0. The predicted octanol–water partition coefficient (Wildman–Crippen LogP) is 2.83. The van der Waals surface area contributed by atoms with Gasteiger partial charge in [0.25, 0.3) is 0 Å². The average molecular weight is 469 g/mol. The van der Waals surface area contributed by atoms with Gasteiger partial charge in [0.05, 0.1) is 7.11 Å². The van der Waals surface area contributed by atoms with E-state index < -0.39 is 36.0 Å². The lowest BCUT2D eigenvalue weighted by atomic mass is 9.98. The lowest BCUT2D eigenvalue weighted by Gasteiger charge is -2.18. The monoisotopic (exact) mass is 468 g/mol. The van der Waals surface area contributed by atoms with Crippen molar-refractivity contribution in [3.05, 3.63) is 59.7 Å². The van der Waals surface area contributed by atoms with Crippen molar-refractivity contribution in [2.45, 2.75) is 44.2 Å². The van der Waals surface area contributed by atoms with Crippen LogP contribution in [0, 0.1) is 0 Å². The Kier molecular flexibility index (Phi) is 8.24. The van der Waals surface area contributed by atoms with E-state index in [0.717, 1.165) is 22.3 Å². The molecule has 2 atom stereocenters. The second kappa shape index (κ2) is 11.3. The number of carbonyl (C=O) groups is 4. The van der Waals surface area contributed by atoms with E-state index >= 15 is 0 Å². The number of alkyl carbamates (subject to hydrolysis) is 1. The van der Waals surface area contributed by atoms with Crippen LogP contribution in [0.1, 0.15) is 43.2 Å². The Hall–Kier alpha value is -3.88. The molecule has 0 saturated heterocycles. The summed E-state index contributed by atoms with van der Waals surface area (Å²) in [5.41, 5.74) is 4.43. The minimum atomic E-state index is -1.26. The molecule has 0 bridgehead atoms. The van der Waals surface area contributed by atoms with Gasteiger partial charge in [0.1, 0.15) is 12.6 Å². The lowest BCUT2D eigenvalue weighted by Crippen LogP contribution is -2.44. The van der Waals surface area contributed by atoms with E-state index in [1.807, 2.05) is 48.5 Å². The molecule has 0 fully saturated rings. The van der Waals surface area contributed by atoms with Crippen molar-refractivity contribution in [3.63, 3.8) is 0 Å². The Morgan fingerprint density at radius 2 is 1.56 bits per heavy atom. The molecule has 9 nitrogen and oxygen atoms in total. The quantitative estimate of drug-likeness (QED) is 0.457. The van der Waals surface area contributed by atoms with E-state index in [-0.39, 0.29) is 31.8 Å². The van der Waals surface area contributed by atoms with E-state index in [0.29, 0.717) is 0 Å². The Balaban J connectivity index is 1.49. The molecule has 0 aromatic heterocycles. The molecule has 34 heavy (non-hydrogen) atoms. The second-order valence-electron chi connectivity index (χ2n) is 8.15. The van der Waals surface area contributed by atoms with Gasteiger partial charge in [-0.25, -0.2) is 9.59 Å². The topological polar surface area (TPSA) is 131 Å². The van der Waals surface area contributed by atoms with E-state index in [9.17, 15) is 24.3 Å². The second-order valence-corrected chi connectivity index (χ2v) is 8.15. The average Bonchev–Trinajstić information content (AvgIpc) is 3.13. The molecule has 180 valence electrons. The van der Waals surface area contributed by atoms with E-state index in [2.05, 4.69) is 15.4 Å². The van der Waals surface area contributed by atoms with Gasteiger partial charge in [-0.15, -0.1) is 0 Å². The number of benzene rings is 2. The zero-order chi connectivity index (χ0) is 24.7. The summed E-state index contributed by atoms with van der Waals surface area (Å²) in [7, 11) is 1.20. The largest absolute Gasteiger partial charge is 0.480 e. The van der Waals surface area contributed by atoms with Crippen LogP contribution in [0.25, 0.3) is 11.1 Å². The number of esters is 1. The third-order valence-corrected chi connectivity index (χ3v) is 5.70. The number of fused-ring (bicyclic) bond motifs is 3. The van der Waals surface area contributed by atoms with E-state index in [1.165, 1.54) is 7.11 Å². The zero-order valence-electron chi connectivity index (χ0n) is 19.1. The fourth-order valence-electron chi connectivity index (χ4n) is 4.05. The first kappa shape index (κ1) is 24.8. The maximum absolute atomic E-state index is 12.3. The number of ether oxygens (including phenoxy) is 2. The highest BCUT2D eigenvalue weighted by molar-refractivity contribution is 5.84. The molecule has 1 aliphatic rings. The fourth-order valence-corrected chi connectivity index (χ4v) is 4.05. The highest BCUT2D eigenvalue weighted by Crippen LogP contribution is 2.44. The number of rotatable bonds is 10. The molecule has 3 rings (SSSR count). The van der Waals surface area contributed by atoms with Gasteiger partial charge >= 0.3 is 18.0 Å². The van der Waals surface area contributed by atoms with E-state index in [4.69, 9.17) is 4.74 Å². The smallest absolute Gasteiger partial charge is 0.407 e. The maximum atomic E-state index is 12.3. The van der Waals surface area contributed by atoms with Crippen molar-refractivity contribution in [3.8, 4) is 11.1 Å². The summed E-state index contributed by atoms with van der Waals surface area (Å²) in [5, 5.41) is 14.2. The highest BCUT2D eigenvalue weighted by atomic mass is 16.5. The minimum absolute atomic E-state index is 0.0807. The molecular formula is C25H28N2O7. The summed E-state index contributed by atoms with van der Waals surface area (Å²) in [6.45, 7) is 1.76. The van der Waals surface area contributed by atoms with Crippen LogP contribution in [0.3, 0.4) is 0 Å². The number of carboxylic acids is 1. The van der Waals surface area contributed by atoms with Crippen LogP contribution in [0.4, 0.5) is 4.79 Å². The number of carbonyl (C=O) groups excluding carboxylic acids is 3. The molecule has 2 aromatic carbocycles. The Morgan fingerprint density at radius 3 is 2.12 bits per heavy atom. The molecule has 9 heteroatoms. The predicted molar refractivity (Wildman–Crippen MR) is 123 cm³/mol. The Labute approximate surface area is 197 Å². The first-order valence-electron chi connectivity index (χ1n) is 11.0. The van der Waals surface area contributed by atoms with Crippen LogP contribution in [0.2, 0.25) is 0 Å². The Morgan fingerprint density at radius 1 is 0.971 bits per heavy atom. The van der Waals surface area contributed by atoms with Crippen LogP contribution in [-0.4, -0.2) is 54.8 Å². The van der Waals surface area contributed by atoms with Gasteiger partial charge in [0.15, 0.2) is 0 Å². The standard InChI is InChI=1S/C25H28N2O7/c1-15(13-22(28)27-21(24(30)31)11-12-23(29)33-2)26-25(32)34-14-20-18-9-5-3-7-16(18)17-8-4-6-10-19(17)20/h3-10,15,20-21H,11-14H2,1-2H3,(H,26,32)(H,27,28)(H,30,31)/t15-,21?/m1/s1. The fraction of sp³-hybridized carbons (Fsp3) is 0.360. The molecule has 0 radical (unpaired) electrons. The van der Waals surface area contributed by atoms with Crippen molar-refractivity contribution in [1.82, 2.24) is 10.6 Å². The maximum Gasteiger partial charge on any atom is 0.407 e. The van der Waals surface area contributed by atoms with Crippen LogP contribution in [-0.2, 0) is 23.9 Å². The molecule has 2 aromatic rings. The SMILES string of the molecule is COC(=O)CCC(NC(=O)C[C@@H](C)NC(=O)OCC1c2ccccc2-c2ccccc21)C(=O)O. The number of methoxy groups -OCH3 is 1. The molecule has 0 heterocycles. The zero-order valence-corrected chi connectivity index (χ0v) is 19.1. The van der Waals surface area contributed by atoms with Gasteiger partial charge < -0.3 is 25.2 Å². The van der Waals surface area contributed by atoms with Gasteiger partial charge in [-0.2, -0.15) is 0 Å². The van der Waals surface area contributed by atoms with Gasteiger partial charge in [-0.3, -0.25) is 9.59 Å². The number of carboxylic acid groups (broad SMARTS) is 1. The number of amides is 2. The minimum Gasteiger partial charge on any atom is -0.480 e. The van der Waals surface area contributed by atoms with Gasteiger partial charge in [-0.1, -0.05) is 48.5 Å². The summed E-state index contributed by atoms with van der Waals surface area (Å²) < 4.78 is 9.95. The van der Waals surface area contributed by atoms with Gasteiger partial charge in [0, 0.05) is 24.8 Å². The van der Waals surface area contributed by atoms with Gasteiger partial charge in [-0.05, 0) is 35.6 Å². The van der Waals surface area contributed by atoms with Crippen molar-refractivity contribution in [2.24, 2.45) is 0 Å². The number of nitrogens with one attached hydrogen (secondary N) is 2. The first-order chi connectivity index (χ1) is 16.3. The van der Waals surface area contributed by atoms with Crippen molar-refractivity contribution >= 4 is 23.9 Å². The molecule has 3 N–H and O–H groups in total. The van der Waals surface area contributed by atoms with Gasteiger partial charge in [0.2, 0.25) is 5.91 Å². The molecule has 1 aliphatic carbocycles. The van der Waals surface area contributed by atoms with Crippen LogP contribution in [0.5, 0.6) is 0 Å². The number of hydrogen-bond donors (Lipinski definition) is 3. The van der Waals surface area contributed by atoms with Crippen LogP contribution >= 0.6 is 0 Å². The summed E-state index contributed by atoms with van der Waals surface area (Å²) in [5.74, 6) is -2.47.